The lowest BCUT2D eigenvalue weighted by molar-refractivity contribution is -0.121. The van der Waals surface area contributed by atoms with Crippen molar-refractivity contribution >= 4 is 56.5 Å². The molecular weight excluding hydrogens is 414 g/mol. The van der Waals surface area contributed by atoms with Crippen LogP contribution in [0, 0.1) is 11.3 Å². The summed E-state index contributed by atoms with van der Waals surface area (Å²) in [6.45, 7) is -0.247. The molecular formula is C16H11BrClN3O2S. The number of ether oxygens (including phenoxy) is 1. The van der Waals surface area contributed by atoms with E-state index in [2.05, 4.69) is 26.6 Å². The minimum absolute atomic E-state index is 0.0770. The molecule has 1 amide bonds. The molecule has 0 radical (unpaired) electrons. The highest BCUT2D eigenvalue weighted by Gasteiger charge is 2.09. The first-order valence-electron chi connectivity index (χ1n) is 6.67. The molecule has 0 heterocycles. The second-order valence-electron chi connectivity index (χ2n) is 4.52. The van der Waals surface area contributed by atoms with Gasteiger partial charge in [-0.05, 0) is 42.5 Å². The molecule has 122 valence electrons. The maximum atomic E-state index is 11.9. The zero-order valence-corrected chi connectivity index (χ0v) is 15.3. The number of nitrogens with zero attached hydrogens (tertiary/aromatic N) is 1. The Kier molecular flexibility index (Phi) is 6.55. The van der Waals surface area contributed by atoms with Gasteiger partial charge in [0.1, 0.15) is 11.8 Å². The minimum atomic E-state index is -0.444. The zero-order chi connectivity index (χ0) is 17.5. The highest BCUT2D eigenvalue weighted by molar-refractivity contribution is 9.10. The lowest BCUT2D eigenvalue weighted by Gasteiger charge is -2.11. The smallest absolute Gasteiger partial charge is 0.264 e. The van der Waals surface area contributed by atoms with Crippen molar-refractivity contribution in [2.75, 3.05) is 11.9 Å². The van der Waals surface area contributed by atoms with Crippen LogP contribution in [0.3, 0.4) is 0 Å². The molecule has 0 saturated carbocycles. The molecule has 24 heavy (non-hydrogen) atoms. The molecule has 0 fully saturated rings. The predicted molar refractivity (Wildman–Crippen MR) is 100 cm³/mol. The molecule has 0 spiro atoms. The van der Waals surface area contributed by atoms with E-state index in [4.69, 9.17) is 33.8 Å². The van der Waals surface area contributed by atoms with Crippen molar-refractivity contribution in [3.8, 4) is 11.8 Å². The average molecular weight is 425 g/mol. The number of anilines is 1. The van der Waals surface area contributed by atoms with Gasteiger partial charge in [0, 0.05) is 4.47 Å². The van der Waals surface area contributed by atoms with Crippen LogP contribution in [0.15, 0.2) is 46.9 Å². The Morgan fingerprint density at radius 1 is 1.33 bits per heavy atom. The van der Waals surface area contributed by atoms with Crippen molar-refractivity contribution in [1.29, 1.82) is 5.26 Å². The van der Waals surface area contributed by atoms with Gasteiger partial charge >= 0.3 is 0 Å². The summed E-state index contributed by atoms with van der Waals surface area (Å²) in [6, 6.07) is 13.9. The summed E-state index contributed by atoms with van der Waals surface area (Å²) in [5.41, 5.74) is 0.939. The van der Waals surface area contributed by atoms with Gasteiger partial charge in [0.2, 0.25) is 0 Å². The number of carbonyl (C=O) groups excluding carboxylic acids is 1. The summed E-state index contributed by atoms with van der Waals surface area (Å²) < 4.78 is 6.16. The molecule has 0 aliphatic heterocycles. The molecule has 0 aliphatic rings. The average Bonchev–Trinajstić information content (AvgIpc) is 2.54. The molecule has 2 rings (SSSR count). The zero-order valence-electron chi connectivity index (χ0n) is 12.2. The molecule has 0 unspecified atom stereocenters. The van der Waals surface area contributed by atoms with Crippen molar-refractivity contribution in [2.45, 2.75) is 0 Å². The normalized spacial score (nSPS) is 9.71. The van der Waals surface area contributed by atoms with Gasteiger partial charge < -0.3 is 10.1 Å². The van der Waals surface area contributed by atoms with Crippen molar-refractivity contribution in [3.63, 3.8) is 0 Å². The fourth-order valence-corrected chi connectivity index (χ4v) is 2.69. The number of halogens is 2. The van der Waals surface area contributed by atoms with E-state index < -0.39 is 5.91 Å². The first kappa shape index (κ1) is 18.2. The SMILES string of the molecule is N#Cc1ccccc1NC(=S)NC(=O)COc1ccc(Br)cc1Cl. The van der Waals surface area contributed by atoms with Crippen LogP contribution in [-0.4, -0.2) is 17.6 Å². The molecule has 0 saturated heterocycles. The van der Waals surface area contributed by atoms with Crippen LogP contribution < -0.4 is 15.4 Å². The van der Waals surface area contributed by atoms with Crippen molar-refractivity contribution in [2.24, 2.45) is 0 Å². The molecule has 2 aromatic carbocycles. The summed E-state index contributed by atoms with van der Waals surface area (Å²) in [5.74, 6) is -0.0513. The van der Waals surface area contributed by atoms with E-state index in [9.17, 15) is 4.79 Å². The molecule has 5 nitrogen and oxygen atoms in total. The van der Waals surface area contributed by atoms with E-state index in [0.29, 0.717) is 22.0 Å². The van der Waals surface area contributed by atoms with Crippen LogP contribution in [0.25, 0.3) is 0 Å². The van der Waals surface area contributed by atoms with Gasteiger partial charge in [0.05, 0.1) is 16.3 Å². The highest BCUT2D eigenvalue weighted by atomic mass is 79.9. The van der Waals surface area contributed by atoms with Crippen LogP contribution in [0.4, 0.5) is 5.69 Å². The largest absolute Gasteiger partial charge is 0.482 e. The number of benzene rings is 2. The Morgan fingerprint density at radius 2 is 2.08 bits per heavy atom. The van der Waals surface area contributed by atoms with Crippen molar-refractivity contribution in [1.82, 2.24) is 5.32 Å². The topological polar surface area (TPSA) is 74.2 Å². The predicted octanol–water partition coefficient (Wildman–Crippen LogP) is 3.87. The fourth-order valence-electron chi connectivity index (χ4n) is 1.74. The quantitative estimate of drug-likeness (QED) is 0.729. The van der Waals surface area contributed by atoms with E-state index in [1.807, 2.05) is 6.07 Å². The van der Waals surface area contributed by atoms with Crippen LogP contribution in [-0.2, 0) is 4.79 Å². The van der Waals surface area contributed by atoms with E-state index in [1.165, 1.54) is 0 Å². The molecule has 0 bridgehead atoms. The second-order valence-corrected chi connectivity index (χ2v) is 6.25. The number of nitriles is 1. The van der Waals surface area contributed by atoms with Gasteiger partial charge in [-0.1, -0.05) is 39.7 Å². The summed E-state index contributed by atoms with van der Waals surface area (Å²) in [5, 5.41) is 14.8. The molecule has 0 atom stereocenters. The van der Waals surface area contributed by atoms with E-state index in [0.717, 1.165) is 4.47 Å². The van der Waals surface area contributed by atoms with Crippen LogP contribution in [0.5, 0.6) is 5.75 Å². The Bertz CT molecular complexity index is 823. The van der Waals surface area contributed by atoms with Crippen molar-refractivity contribution in [3.05, 3.63) is 57.5 Å². The third kappa shape index (κ3) is 5.20. The van der Waals surface area contributed by atoms with E-state index in [1.54, 1.807) is 42.5 Å². The number of amides is 1. The molecule has 8 heteroatoms. The van der Waals surface area contributed by atoms with Crippen molar-refractivity contribution < 1.29 is 9.53 Å². The number of thiocarbonyl (C=S) groups is 1. The maximum absolute atomic E-state index is 11.9. The first-order chi connectivity index (χ1) is 11.5. The van der Waals surface area contributed by atoms with E-state index >= 15 is 0 Å². The van der Waals surface area contributed by atoms with Gasteiger partial charge in [-0.15, -0.1) is 0 Å². The van der Waals surface area contributed by atoms with Crippen LogP contribution in [0.2, 0.25) is 5.02 Å². The molecule has 0 aliphatic carbocycles. The number of para-hydroxylation sites is 1. The van der Waals surface area contributed by atoms with Crippen LogP contribution in [0.1, 0.15) is 5.56 Å². The summed E-state index contributed by atoms with van der Waals surface area (Å²) in [4.78, 5) is 11.9. The second kappa shape index (κ2) is 8.64. The number of hydrogen-bond donors (Lipinski definition) is 2. The Labute approximate surface area is 157 Å². The number of carbonyl (C=O) groups is 1. The summed E-state index contributed by atoms with van der Waals surface area (Å²) >= 11 is 14.3. The lowest BCUT2D eigenvalue weighted by atomic mass is 10.2. The van der Waals surface area contributed by atoms with Gasteiger partial charge in [-0.25, -0.2) is 0 Å². The summed E-state index contributed by atoms with van der Waals surface area (Å²) in [6.07, 6.45) is 0. The molecule has 2 aromatic rings. The van der Waals surface area contributed by atoms with Gasteiger partial charge in [0.25, 0.3) is 5.91 Å². The maximum Gasteiger partial charge on any atom is 0.264 e. The number of rotatable bonds is 4. The standard InChI is InChI=1S/C16H11BrClN3O2S/c17-11-5-6-14(12(18)7-11)23-9-15(22)21-16(24)20-13-4-2-1-3-10(13)8-19/h1-7H,9H2,(H2,20,21,22,24). The van der Waals surface area contributed by atoms with Gasteiger partial charge in [-0.3, -0.25) is 10.1 Å². The number of hydrogen-bond acceptors (Lipinski definition) is 4. The minimum Gasteiger partial charge on any atom is -0.482 e. The van der Waals surface area contributed by atoms with Gasteiger partial charge in [0.15, 0.2) is 11.7 Å². The third-order valence-corrected chi connectivity index (χ3v) is 3.79. The summed E-state index contributed by atoms with van der Waals surface area (Å²) in [7, 11) is 0. The molecule has 0 aromatic heterocycles. The Morgan fingerprint density at radius 3 is 2.79 bits per heavy atom. The third-order valence-electron chi connectivity index (χ3n) is 2.80. The monoisotopic (exact) mass is 423 g/mol. The Hall–Kier alpha value is -2.14. The fraction of sp³-hybridized carbons (Fsp3) is 0.0625. The van der Waals surface area contributed by atoms with E-state index in [-0.39, 0.29) is 11.7 Å². The first-order valence-corrected chi connectivity index (χ1v) is 8.25. The Balaban J connectivity index is 1.88. The highest BCUT2D eigenvalue weighted by Crippen LogP contribution is 2.27. The molecule has 2 N–H and O–H groups in total. The number of nitrogens with one attached hydrogen (secondary N) is 2. The van der Waals surface area contributed by atoms with Crippen LogP contribution >= 0.6 is 39.7 Å². The van der Waals surface area contributed by atoms with Gasteiger partial charge in [-0.2, -0.15) is 5.26 Å². The lowest BCUT2D eigenvalue weighted by Crippen LogP contribution is -2.37.